The highest BCUT2D eigenvalue weighted by Crippen LogP contribution is 2.50. The lowest BCUT2D eigenvalue weighted by Gasteiger charge is -2.21. The monoisotopic (exact) mass is 433 g/mol. The van der Waals surface area contributed by atoms with Gasteiger partial charge in [-0.3, -0.25) is 9.59 Å². The maximum atomic E-state index is 11.9. The van der Waals surface area contributed by atoms with Crippen molar-refractivity contribution in [3.8, 4) is 34.1 Å². The van der Waals surface area contributed by atoms with Gasteiger partial charge in [-0.2, -0.15) is 0 Å². The molecule has 0 bridgehead atoms. The summed E-state index contributed by atoms with van der Waals surface area (Å²) in [6.07, 6.45) is 1.31. The number of amides is 1. The van der Waals surface area contributed by atoms with Gasteiger partial charge < -0.3 is 24.3 Å². The zero-order valence-corrected chi connectivity index (χ0v) is 18.1. The molecule has 1 aliphatic rings. The van der Waals surface area contributed by atoms with Gasteiger partial charge in [0.15, 0.2) is 11.5 Å². The molecular formula is C22H24ClNO6. The Hall–Kier alpha value is -2.93. The number of rotatable bonds is 6. The van der Waals surface area contributed by atoms with Crippen LogP contribution in [-0.4, -0.2) is 39.1 Å². The van der Waals surface area contributed by atoms with Crippen LogP contribution in [0.5, 0.6) is 23.0 Å². The van der Waals surface area contributed by atoms with E-state index in [9.17, 15) is 9.59 Å². The summed E-state index contributed by atoms with van der Waals surface area (Å²) in [7, 11) is 4.70. The molecule has 0 saturated heterocycles. The maximum Gasteiger partial charge on any atom is 0.326 e. The number of esters is 1. The van der Waals surface area contributed by atoms with Gasteiger partial charge >= 0.3 is 5.97 Å². The van der Waals surface area contributed by atoms with Crippen LogP contribution in [-0.2, 0) is 16.0 Å². The minimum Gasteiger partial charge on any atom is -0.493 e. The molecule has 160 valence electrons. The number of halogens is 1. The lowest BCUT2D eigenvalue weighted by Crippen LogP contribution is -2.26. The van der Waals surface area contributed by atoms with Crippen LogP contribution in [0.3, 0.4) is 0 Å². The molecule has 0 aliphatic heterocycles. The number of aryl methyl sites for hydroxylation is 1. The number of carbonyl (C=O) groups excluding carboxylic acids is 2. The lowest BCUT2D eigenvalue weighted by atomic mass is 9.93. The summed E-state index contributed by atoms with van der Waals surface area (Å²) >= 11 is 5.56. The van der Waals surface area contributed by atoms with Crippen molar-refractivity contribution in [2.75, 3.05) is 27.2 Å². The topological polar surface area (TPSA) is 83.1 Å². The van der Waals surface area contributed by atoms with Crippen LogP contribution in [0.4, 0.5) is 0 Å². The Bertz CT molecular complexity index is 975. The standard InChI is InChI=1S/C22H24ClNO6/c1-12(25)24-17-8-5-13-9-18(27-2)21(28-3)22(29-4)20(13)15-7-6-14(10-16(15)17)30-19(26)11-23/h6-7,9-10,17H,5,8,11H2,1-4H3,(H,24,25)/t17-/m0/s1. The Morgan fingerprint density at radius 3 is 2.43 bits per heavy atom. The van der Waals surface area contributed by atoms with E-state index < -0.39 is 5.97 Å². The number of fused-ring (bicyclic) bond motifs is 3. The highest BCUT2D eigenvalue weighted by molar-refractivity contribution is 6.26. The lowest BCUT2D eigenvalue weighted by molar-refractivity contribution is -0.131. The average molecular weight is 434 g/mol. The Morgan fingerprint density at radius 1 is 1.10 bits per heavy atom. The van der Waals surface area contributed by atoms with Crippen LogP contribution in [0.15, 0.2) is 24.3 Å². The highest BCUT2D eigenvalue weighted by Gasteiger charge is 2.29. The molecule has 1 N–H and O–H groups in total. The molecule has 2 aromatic rings. The highest BCUT2D eigenvalue weighted by atomic mass is 35.5. The van der Waals surface area contributed by atoms with Crippen molar-refractivity contribution in [1.29, 1.82) is 0 Å². The first-order valence-corrected chi connectivity index (χ1v) is 9.96. The largest absolute Gasteiger partial charge is 0.493 e. The Balaban J connectivity index is 2.25. The Kier molecular flexibility index (Phi) is 6.72. The molecule has 30 heavy (non-hydrogen) atoms. The molecule has 1 amide bonds. The Morgan fingerprint density at radius 2 is 1.83 bits per heavy atom. The van der Waals surface area contributed by atoms with Crippen LogP contribution in [0, 0.1) is 0 Å². The summed E-state index contributed by atoms with van der Waals surface area (Å²) in [5.41, 5.74) is 3.52. The molecule has 0 radical (unpaired) electrons. The number of carbonyl (C=O) groups is 2. The van der Waals surface area contributed by atoms with Crippen LogP contribution >= 0.6 is 11.6 Å². The predicted molar refractivity (Wildman–Crippen MR) is 113 cm³/mol. The minimum absolute atomic E-state index is 0.151. The molecule has 1 aliphatic carbocycles. The van der Waals surface area contributed by atoms with E-state index in [1.165, 1.54) is 6.92 Å². The number of nitrogens with one attached hydrogen (secondary N) is 1. The van der Waals surface area contributed by atoms with E-state index in [1.54, 1.807) is 33.5 Å². The van der Waals surface area contributed by atoms with E-state index in [-0.39, 0.29) is 17.8 Å². The molecule has 1 atom stereocenters. The van der Waals surface area contributed by atoms with Crippen LogP contribution < -0.4 is 24.3 Å². The molecule has 7 nitrogen and oxygen atoms in total. The van der Waals surface area contributed by atoms with E-state index in [4.69, 9.17) is 30.5 Å². The first kappa shape index (κ1) is 21.8. The van der Waals surface area contributed by atoms with Gasteiger partial charge in [0.2, 0.25) is 11.7 Å². The molecule has 2 aromatic carbocycles. The van der Waals surface area contributed by atoms with E-state index >= 15 is 0 Å². The summed E-state index contributed by atoms with van der Waals surface area (Å²) in [6, 6.07) is 6.95. The maximum absolute atomic E-state index is 11.9. The first-order valence-electron chi connectivity index (χ1n) is 9.43. The molecule has 0 unspecified atom stereocenters. The van der Waals surface area contributed by atoms with Crippen molar-refractivity contribution in [1.82, 2.24) is 5.32 Å². The van der Waals surface area contributed by atoms with E-state index in [2.05, 4.69) is 5.32 Å². The van der Waals surface area contributed by atoms with Gasteiger partial charge in [-0.25, -0.2) is 0 Å². The fourth-order valence-corrected chi connectivity index (χ4v) is 3.88. The van der Waals surface area contributed by atoms with Gasteiger partial charge in [0, 0.05) is 12.5 Å². The van der Waals surface area contributed by atoms with Crippen LogP contribution in [0.2, 0.25) is 0 Å². The smallest absolute Gasteiger partial charge is 0.326 e. The van der Waals surface area contributed by atoms with Gasteiger partial charge in [-0.05, 0) is 47.7 Å². The first-order chi connectivity index (χ1) is 14.4. The zero-order valence-electron chi connectivity index (χ0n) is 17.3. The summed E-state index contributed by atoms with van der Waals surface area (Å²) < 4.78 is 22.1. The zero-order chi connectivity index (χ0) is 21.8. The molecule has 0 spiro atoms. The van der Waals surface area contributed by atoms with Gasteiger partial charge in [0.25, 0.3) is 0 Å². The van der Waals surface area contributed by atoms with Crippen molar-refractivity contribution in [3.63, 3.8) is 0 Å². The number of benzene rings is 2. The second-order valence-electron chi connectivity index (χ2n) is 6.83. The van der Waals surface area contributed by atoms with Crippen molar-refractivity contribution < 1.29 is 28.5 Å². The van der Waals surface area contributed by atoms with Gasteiger partial charge in [-0.1, -0.05) is 6.07 Å². The summed E-state index contributed by atoms with van der Waals surface area (Å²) in [4.78, 5) is 23.5. The number of hydrogen-bond acceptors (Lipinski definition) is 6. The van der Waals surface area contributed by atoms with Crippen molar-refractivity contribution >= 4 is 23.5 Å². The van der Waals surface area contributed by atoms with Gasteiger partial charge in [0.05, 0.1) is 27.4 Å². The molecular weight excluding hydrogens is 410 g/mol. The third-order valence-electron chi connectivity index (χ3n) is 5.00. The summed E-state index contributed by atoms with van der Waals surface area (Å²) in [6.45, 7) is 1.47. The molecule has 8 heteroatoms. The van der Waals surface area contributed by atoms with Crippen molar-refractivity contribution in [2.45, 2.75) is 25.8 Å². The third kappa shape index (κ3) is 4.16. The van der Waals surface area contributed by atoms with Crippen LogP contribution in [0.1, 0.15) is 30.5 Å². The number of hydrogen-bond donors (Lipinski definition) is 1. The van der Waals surface area contributed by atoms with Crippen LogP contribution in [0.25, 0.3) is 11.1 Å². The second-order valence-corrected chi connectivity index (χ2v) is 7.10. The fraction of sp³-hybridized carbons (Fsp3) is 0.364. The molecule has 0 aromatic heterocycles. The van der Waals surface area contributed by atoms with Gasteiger partial charge in [-0.15, -0.1) is 11.6 Å². The minimum atomic E-state index is -0.550. The van der Waals surface area contributed by atoms with Crippen molar-refractivity contribution in [3.05, 3.63) is 35.4 Å². The van der Waals surface area contributed by atoms with E-state index in [1.807, 2.05) is 12.1 Å². The average Bonchev–Trinajstić information content (AvgIpc) is 2.88. The molecule has 3 rings (SSSR count). The number of ether oxygens (including phenoxy) is 4. The third-order valence-corrected chi connectivity index (χ3v) is 5.22. The molecule has 0 saturated carbocycles. The quantitative estimate of drug-likeness (QED) is 0.425. The van der Waals surface area contributed by atoms with E-state index in [0.29, 0.717) is 35.8 Å². The second kappa shape index (κ2) is 9.26. The summed E-state index contributed by atoms with van der Waals surface area (Å²) in [5.74, 6) is 1.01. The summed E-state index contributed by atoms with van der Waals surface area (Å²) in [5, 5.41) is 2.99. The SMILES string of the molecule is COc1cc2c(c(OC)c1OC)-c1ccc(OC(=O)CCl)cc1[C@@H](NC(C)=O)CC2. The fourth-order valence-electron chi connectivity index (χ4n) is 3.83. The number of methoxy groups -OCH3 is 3. The molecule has 0 fully saturated rings. The molecule has 0 heterocycles. The Labute approximate surface area is 180 Å². The number of alkyl halides is 1. The van der Waals surface area contributed by atoms with E-state index in [0.717, 1.165) is 22.3 Å². The van der Waals surface area contributed by atoms with Crippen molar-refractivity contribution in [2.24, 2.45) is 0 Å². The van der Waals surface area contributed by atoms with Gasteiger partial charge in [0.1, 0.15) is 11.6 Å². The normalized spacial score (nSPS) is 14.6. The predicted octanol–water partition coefficient (Wildman–Crippen LogP) is 3.65.